The maximum atomic E-state index is 12.1. The Morgan fingerprint density at radius 3 is 2.36 bits per heavy atom. The fourth-order valence-corrected chi connectivity index (χ4v) is 3.74. The first-order chi connectivity index (χ1) is 13.3. The van der Waals surface area contributed by atoms with E-state index >= 15 is 0 Å². The highest BCUT2D eigenvalue weighted by Crippen LogP contribution is 2.25. The van der Waals surface area contributed by atoms with Crippen molar-refractivity contribution in [2.45, 2.75) is 31.2 Å². The largest absolute Gasteiger partial charge is 0.486 e. The van der Waals surface area contributed by atoms with Crippen molar-refractivity contribution in [3.63, 3.8) is 0 Å². The maximum Gasteiger partial charge on any atom is 0.214 e. The van der Waals surface area contributed by atoms with E-state index in [0.717, 1.165) is 16.9 Å². The number of nitrogens with zero attached hydrogens (tertiary/aromatic N) is 2. The van der Waals surface area contributed by atoms with E-state index in [9.17, 15) is 8.42 Å². The van der Waals surface area contributed by atoms with E-state index in [4.69, 9.17) is 9.47 Å². The fourth-order valence-electron chi connectivity index (χ4n) is 2.83. The second kappa shape index (κ2) is 8.46. The molecular formula is C20H27N3O4S. The summed E-state index contributed by atoms with van der Waals surface area (Å²) in [5, 5.41) is -0.500. The SMILES string of the molecule is CC(C)S(=O)(=O)N[C@H]1COC[C@H]1Oc1ccc(-c2ccc(N(C)C)nc2)cc1. The monoisotopic (exact) mass is 405 g/mol. The third-order valence-electron chi connectivity index (χ3n) is 4.65. The van der Waals surface area contributed by atoms with Crippen LogP contribution in [0.5, 0.6) is 5.75 Å². The summed E-state index contributed by atoms with van der Waals surface area (Å²) in [6.45, 7) is 3.95. The first-order valence-corrected chi connectivity index (χ1v) is 10.8. The Bertz CT molecular complexity index is 881. The van der Waals surface area contributed by atoms with Crippen LogP contribution in [0.4, 0.5) is 5.82 Å². The lowest BCUT2D eigenvalue weighted by Crippen LogP contribution is -2.47. The van der Waals surface area contributed by atoms with Gasteiger partial charge in [0.15, 0.2) is 0 Å². The van der Waals surface area contributed by atoms with Gasteiger partial charge in [0.2, 0.25) is 10.0 Å². The third kappa shape index (κ3) is 4.81. The van der Waals surface area contributed by atoms with Crippen LogP contribution in [0.25, 0.3) is 11.1 Å². The number of ether oxygens (including phenoxy) is 2. The Morgan fingerprint density at radius 2 is 1.79 bits per heavy atom. The lowest BCUT2D eigenvalue weighted by molar-refractivity contribution is 0.140. The molecule has 0 aliphatic carbocycles. The average Bonchev–Trinajstić information content (AvgIpc) is 3.08. The molecular weight excluding hydrogens is 378 g/mol. The molecule has 2 heterocycles. The molecule has 1 aliphatic rings. The van der Waals surface area contributed by atoms with Gasteiger partial charge in [-0.25, -0.2) is 18.1 Å². The van der Waals surface area contributed by atoms with Crippen LogP contribution in [0.15, 0.2) is 42.6 Å². The van der Waals surface area contributed by atoms with Gasteiger partial charge in [-0.2, -0.15) is 0 Å². The molecule has 1 aromatic heterocycles. The highest BCUT2D eigenvalue weighted by Gasteiger charge is 2.34. The molecule has 1 aromatic carbocycles. The van der Waals surface area contributed by atoms with E-state index in [1.165, 1.54) is 0 Å². The highest BCUT2D eigenvalue weighted by molar-refractivity contribution is 7.90. The molecule has 0 saturated carbocycles. The van der Waals surface area contributed by atoms with Crippen LogP contribution in [0.2, 0.25) is 0 Å². The van der Waals surface area contributed by atoms with Crippen molar-refractivity contribution in [1.82, 2.24) is 9.71 Å². The van der Waals surface area contributed by atoms with Gasteiger partial charge in [-0.3, -0.25) is 0 Å². The number of aromatic nitrogens is 1. The minimum absolute atomic E-state index is 0.304. The van der Waals surface area contributed by atoms with Gasteiger partial charge in [0.1, 0.15) is 17.7 Å². The molecule has 2 atom stereocenters. The van der Waals surface area contributed by atoms with E-state index in [-0.39, 0.29) is 6.10 Å². The first kappa shape index (κ1) is 20.6. The van der Waals surface area contributed by atoms with E-state index in [1.807, 2.05) is 61.6 Å². The van der Waals surface area contributed by atoms with Crippen LogP contribution < -0.4 is 14.4 Å². The number of hydrogen-bond acceptors (Lipinski definition) is 6. The molecule has 152 valence electrons. The van der Waals surface area contributed by atoms with Gasteiger partial charge < -0.3 is 14.4 Å². The van der Waals surface area contributed by atoms with Crippen LogP contribution in [0, 0.1) is 0 Å². The molecule has 0 spiro atoms. The molecule has 0 bridgehead atoms. The average molecular weight is 406 g/mol. The Morgan fingerprint density at radius 1 is 1.11 bits per heavy atom. The van der Waals surface area contributed by atoms with Crippen molar-refractivity contribution in [2.75, 3.05) is 32.2 Å². The van der Waals surface area contributed by atoms with Gasteiger partial charge in [-0.05, 0) is 43.7 Å². The van der Waals surface area contributed by atoms with Crippen molar-refractivity contribution in [3.05, 3.63) is 42.6 Å². The summed E-state index contributed by atoms with van der Waals surface area (Å²) in [5.41, 5.74) is 2.05. The number of nitrogens with one attached hydrogen (secondary N) is 1. The van der Waals surface area contributed by atoms with Crippen LogP contribution in [0.1, 0.15) is 13.8 Å². The van der Waals surface area contributed by atoms with Crippen molar-refractivity contribution >= 4 is 15.8 Å². The van der Waals surface area contributed by atoms with E-state index in [2.05, 4.69) is 9.71 Å². The summed E-state index contributed by atoms with van der Waals surface area (Å²) < 4.78 is 38.3. The summed E-state index contributed by atoms with van der Waals surface area (Å²) in [6, 6.07) is 11.3. The molecule has 2 aromatic rings. The topological polar surface area (TPSA) is 80.8 Å². The number of hydrogen-bond donors (Lipinski definition) is 1. The maximum absolute atomic E-state index is 12.1. The highest BCUT2D eigenvalue weighted by atomic mass is 32.2. The molecule has 1 saturated heterocycles. The predicted octanol–water partition coefficient (Wildman–Crippen LogP) is 2.29. The molecule has 1 aliphatic heterocycles. The number of pyridine rings is 1. The normalized spacial score (nSPS) is 19.8. The van der Waals surface area contributed by atoms with Gasteiger partial charge in [-0.15, -0.1) is 0 Å². The van der Waals surface area contributed by atoms with E-state index in [1.54, 1.807) is 13.8 Å². The van der Waals surface area contributed by atoms with Crippen LogP contribution in [-0.4, -0.2) is 58.1 Å². The Balaban J connectivity index is 1.66. The quantitative estimate of drug-likeness (QED) is 0.761. The van der Waals surface area contributed by atoms with Crippen LogP contribution in [-0.2, 0) is 14.8 Å². The molecule has 0 radical (unpaired) electrons. The number of rotatable bonds is 7. The number of benzene rings is 1. The molecule has 0 unspecified atom stereocenters. The standard InChI is InChI=1S/C20H27N3O4S/c1-14(2)28(24,25)22-18-12-26-13-19(18)27-17-8-5-15(6-9-17)16-7-10-20(21-11-16)23(3)4/h5-11,14,18-19,22H,12-13H2,1-4H3/t18-,19+/m0/s1. The van der Waals surface area contributed by atoms with Crippen molar-refractivity contribution in [1.29, 1.82) is 0 Å². The molecule has 28 heavy (non-hydrogen) atoms. The summed E-state index contributed by atoms with van der Waals surface area (Å²) in [6.07, 6.45) is 1.48. The lowest BCUT2D eigenvalue weighted by atomic mass is 10.1. The first-order valence-electron chi connectivity index (χ1n) is 9.25. The van der Waals surface area contributed by atoms with Gasteiger partial charge in [0.25, 0.3) is 0 Å². The molecule has 0 amide bonds. The second-order valence-corrected chi connectivity index (χ2v) is 9.60. The summed E-state index contributed by atoms with van der Waals surface area (Å²) in [7, 11) is 0.528. The molecule has 7 nitrogen and oxygen atoms in total. The van der Waals surface area contributed by atoms with Crippen LogP contribution in [0.3, 0.4) is 0 Å². The molecule has 8 heteroatoms. The lowest BCUT2D eigenvalue weighted by Gasteiger charge is -2.21. The Labute approximate surface area is 166 Å². The molecule has 1 N–H and O–H groups in total. The van der Waals surface area contributed by atoms with Gasteiger partial charge in [0, 0.05) is 25.9 Å². The summed E-state index contributed by atoms with van der Waals surface area (Å²) in [4.78, 5) is 6.38. The summed E-state index contributed by atoms with van der Waals surface area (Å²) >= 11 is 0. The zero-order valence-corrected chi connectivity index (χ0v) is 17.4. The van der Waals surface area contributed by atoms with Gasteiger partial charge in [-0.1, -0.05) is 12.1 Å². The van der Waals surface area contributed by atoms with E-state index < -0.39 is 21.3 Å². The smallest absolute Gasteiger partial charge is 0.214 e. The van der Waals surface area contributed by atoms with E-state index in [0.29, 0.717) is 19.0 Å². The zero-order chi connectivity index (χ0) is 20.3. The van der Waals surface area contributed by atoms with Gasteiger partial charge in [0.05, 0.1) is 24.5 Å². The van der Waals surface area contributed by atoms with Crippen molar-refractivity contribution in [3.8, 4) is 16.9 Å². The Kier molecular flexibility index (Phi) is 6.22. The molecule has 1 fully saturated rings. The van der Waals surface area contributed by atoms with Gasteiger partial charge >= 0.3 is 0 Å². The van der Waals surface area contributed by atoms with Crippen molar-refractivity contribution in [2.24, 2.45) is 0 Å². The Hall–Kier alpha value is -2.16. The third-order valence-corrected chi connectivity index (χ3v) is 6.52. The summed E-state index contributed by atoms with van der Waals surface area (Å²) in [5.74, 6) is 1.57. The second-order valence-electron chi connectivity index (χ2n) is 7.34. The van der Waals surface area contributed by atoms with Crippen molar-refractivity contribution < 1.29 is 17.9 Å². The number of anilines is 1. The number of sulfonamides is 1. The fraction of sp³-hybridized carbons (Fsp3) is 0.450. The predicted molar refractivity (Wildman–Crippen MR) is 110 cm³/mol. The zero-order valence-electron chi connectivity index (χ0n) is 16.6. The minimum Gasteiger partial charge on any atom is -0.486 e. The minimum atomic E-state index is -3.38. The van der Waals surface area contributed by atoms with Crippen LogP contribution >= 0.6 is 0 Å². The molecule has 3 rings (SSSR count).